The molecule has 0 bridgehead atoms. The fourth-order valence-electron chi connectivity index (χ4n) is 2.35. The molecule has 1 aromatic rings. The largest absolute Gasteiger partial charge is 0.339 e. The Bertz CT molecular complexity index is 661. The molecule has 0 spiro atoms. The number of amides is 1. The first kappa shape index (κ1) is 16.3. The smallest absolute Gasteiger partial charge is 0.253 e. The van der Waals surface area contributed by atoms with E-state index < -0.39 is 10.0 Å². The Morgan fingerprint density at radius 2 is 1.81 bits per heavy atom. The van der Waals surface area contributed by atoms with Crippen molar-refractivity contribution >= 4 is 27.5 Å². The average Bonchev–Trinajstić information content (AvgIpc) is 2.36. The van der Waals surface area contributed by atoms with Gasteiger partial charge in [0.15, 0.2) is 0 Å². The summed E-state index contributed by atoms with van der Waals surface area (Å²) in [6.45, 7) is 5.66. The minimum atomic E-state index is -3.89. The van der Waals surface area contributed by atoms with Gasteiger partial charge in [0.1, 0.15) is 0 Å². The first-order valence-corrected chi connectivity index (χ1v) is 8.64. The fraction of sp³-hybridized carbons (Fsp3) is 0.500. The number of nitrogens with two attached hydrogens (primary N) is 1. The van der Waals surface area contributed by atoms with E-state index in [1.54, 1.807) is 4.90 Å². The number of nitrogens with zero attached hydrogens (tertiary/aromatic N) is 1. The van der Waals surface area contributed by atoms with Crippen LogP contribution in [0.15, 0.2) is 23.1 Å². The second kappa shape index (κ2) is 5.59. The van der Waals surface area contributed by atoms with E-state index in [1.807, 2.05) is 0 Å². The van der Waals surface area contributed by atoms with Crippen molar-refractivity contribution in [2.45, 2.75) is 31.6 Å². The zero-order valence-electron chi connectivity index (χ0n) is 12.1. The highest BCUT2D eigenvalue weighted by atomic mass is 35.5. The van der Waals surface area contributed by atoms with Gasteiger partial charge in [-0.3, -0.25) is 4.79 Å². The molecule has 2 N–H and O–H groups in total. The fourth-order valence-corrected chi connectivity index (χ4v) is 3.23. The van der Waals surface area contributed by atoms with Crippen LogP contribution in [0.5, 0.6) is 0 Å². The van der Waals surface area contributed by atoms with E-state index in [1.165, 1.54) is 18.2 Å². The van der Waals surface area contributed by atoms with E-state index in [-0.39, 0.29) is 26.8 Å². The third-order valence-corrected chi connectivity index (χ3v) is 4.96. The molecule has 0 aromatic heterocycles. The maximum atomic E-state index is 12.5. The molecule has 0 aliphatic carbocycles. The molecule has 1 amide bonds. The number of sulfonamides is 1. The number of hydrogen-bond donors (Lipinski definition) is 1. The zero-order valence-corrected chi connectivity index (χ0v) is 13.7. The van der Waals surface area contributed by atoms with Crippen LogP contribution in [0, 0.1) is 5.41 Å². The number of carbonyl (C=O) groups is 1. The average molecular weight is 331 g/mol. The molecule has 0 unspecified atom stereocenters. The number of likely N-dealkylation sites (tertiary alicyclic amines) is 1. The standard InChI is InChI=1S/C14H19ClN2O3S/c1-14(2)3-5-17(6-4-14)13(18)10-7-11(15)9-12(8-10)21(16,19)20/h7-9H,3-6H2,1-2H3,(H2,16,19,20). The van der Waals surface area contributed by atoms with Gasteiger partial charge in [-0.2, -0.15) is 0 Å². The normalized spacial score (nSPS) is 18.6. The molecule has 0 saturated carbocycles. The Hall–Kier alpha value is -1.11. The van der Waals surface area contributed by atoms with Crippen molar-refractivity contribution in [3.8, 4) is 0 Å². The summed E-state index contributed by atoms with van der Waals surface area (Å²) in [5, 5.41) is 5.28. The maximum Gasteiger partial charge on any atom is 0.253 e. The van der Waals surface area contributed by atoms with E-state index in [0.717, 1.165) is 12.8 Å². The Labute approximate surface area is 130 Å². The number of hydrogen-bond acceptors (Lipinski definition) is 3. The Balaban J connectivity index is 2.26. The van der Waals surface area contributed by atoms with Crippen molar-refractivity contribution in [1.82, 2.24) is 4.90 Å². The molecular weight excluding hydrogens is 312 g/mol. The SMILES string of the molecule is CC1(C)CCN(C(=O)c2cc(Cl)cc(S(N)(=O)=O)c2)CC1. The van der Waals surface area contributed by atoms with Gasteiger partial charge in [-0.1, -0.05) is 25.4 Å². The number of primary sulfonamides is 1. The summed E-state index contributed by atoms with van der Waals surface area (Å²) in [5.41, 5.74) is 0.489. The van der Waals surface area contributed by atoms with Crippen LogP contribution in [0.4, 0.5) is 0 Å². The predicted molar refractivity (Wildman–Crippen MR) is 81.7 cm³/mol. The molecule has 21 heavy (non-hydrogen) atoms. The van der Waals surface area contributed by atoms with Gasteiger partial charge in [0.05, 0.1) is 4.90 Å². The van der Waals surface area contributed by atoms with E-state index in [4.69, 9.17) is 16.7 Å². The Morgan fingerprint density at radius 3 is 2.33 bits per heavy atom. The van der Waals surface area contributed by atoms with Crippen LogP contribution in [0.2, 0.25) is 5.02 Å². The predicted octanol–water partition coefficient (Wildman–Crippen LogP) is 2.25. The number of halogens is 1. The molecule has 0 radical (unpaired) electrons. The second-order valence-electron chi connectivity index (χ2n) is 6.18. The highest BCUT2D eigenvalue weighted by molar-refractivity contribution is 7.89. The van der Waals surface area contributed by atoms with E-state index in [2.05, 4.69) is 13.8 Å². The summed E-state index contributed by atoms with van der Waals surface area (Å²) >= 11 is 5.89. The van der Waals surface area contributed by atoms with Crippen molar-refractivity contribution in [1.29, 1.82) is 0 Å². The van der Waals surface area contributed by atoms with Crippen LogP contribution in [-0.2, 0) is 10.0 Å². The van der Waals surface area contributed by atoms with Crippen LogP contribution in [0.25, 0.3) is 0 Å². The highest BCUT2D eigenvalue weighted by Gasteiger charge is 2.28. The summed E-state index contributed by atoms with van der Waals surface area (Å²) in [7, 11) is -3.89. The zero-order chi connectivity index (χ0) is 15.8. The molecule has 1 aliphatic rings. The van der Waals surface area contributed by atoms with Crippen molar-refractivity contribution in [3.63, 3.8) is 0 Å². The highest BCUT2D eigenvalue weighted by Crippen LogP contribution is 2.30. The van der Waals surface area contributed by atoms with Crippen molar-refractivity contribution in [2.75, 3.05) is 13.1 Å². The van der Waals surface area contributed by atoms with Crippen LogP contribution in [0.3, 0.4) is 0 Å². The molecule has 1 heterocycles. The van der Waals surface area contributed by atoms with Crippen LogP contribution >= 0.6 is 11.6 Å². The number of benzene rings is 1. The molecule has 5 nitrogen and oxygen atoms in total. The summed E-state index contributed by atoms with van der Waals surface area (Å²) in [5.74, 6) is -0.210. The topological polar surface area (TPSA) is 80.5 Å². The minimum Gasteiger partial charge on any atom is -0.339 e. The quantitative estimate of drug-likeness (QED) is 0.903. The van der Waals surface area contributed by atoms with Crippen molar-refractivity contribution < 1.29 is 13.2 Å². The Morgan fingerprint density at radius 1 is 1.24 bits per heavy atom. The van der Waals surface area contributed by atoms with Gasteiger partial charge in [0.2, 0.25) is 10.0 Å². The molecule has 1 aliphatic heterocycles. The summed E-state index contributed by atoms with van der Waals surface area (Å²) in [6.07, 6.45) is 1.84. The second-order valence-corrected chi connectivity index (χ2v) is 8.17. The lowest BCUT2D eigenvalue weighted by Crippen LogP contribution is -2.41. The third-order valence-electron chi connectivity index (χ3n) is 3.85. The molecule has 1 fully saturated rings. The first-order chi connectivity index (χ1) is 9.58. The van der Waals surface area contributed by atoms with Crippen molar-refractivity contribution in [3.05, 3.63) is 28.8 Å². The lowest BCUT2D eigenvalue weighted by Gasteiger charge is -2.37. The van der Waals surface area contributed by atoms with Gasteiger partial charge in [-0.15, -0.1) is 0 Å². The number of rotatable bonds is 2. The van der Waals surface area contributed by atoms with Crippen LogP contribution in [0.1, 0.15) is 37.0 Å². The first-order valence-electron chi connectivity index (χ1n) is 6.71. The van der Waals surface area contributed by atoms with Gasteiger partial charge in [0, 0.05) is 23.7 Å². The minimum absolute atomic E-state index is 0.143. The molecule has 1 saturated heterocycles. The molecule has 7 heteroatoms. The van der Waals surface area contributed by atoms with E-state index in [0.29, 0.717) is 13.1 Å². The van der Waals surface area contributed by atoms with Crippen molar-refractivity contribution in [2.24, 2.45) is 10.6 Å². The lowest BCUT2D eigenvalue weighted by molar-refractivity contribution is 0.0630. The van der Waals surface area contributed by atoms with Gasteiger partial charge in [-0.25, -0.2) is 13.6 Å². The van der Waals surface area contributed by atoms with E-state index >= 15 is 0 Å². The van der Waals surface area contributed by atoms with Crippen LogP contribution < -0.4 is 5.14 Å². The van der Waals surface area contributed by atoms with Gasteiger partial charge in [-0.05, 0) is 36.5 Å². The molecule has 116 valence electrons. The number of carbonyl (C=O) groups excluding carboxylic acids is 1. The third kappa shape index (κ3) is 3.96. The summed E-state index contributed by atoms with van der Waals surface area (Å²) < 4.78 is 22.8. The summed E-state index contributed by atoms with van der Waals surface area (Å²) in [4.78, 5) is 14.1. The maximum absolute atomic E-state index is 12.5. The number of piperidine rings is 1. The molecule has 1 aromatic carbocycles. The molecule has 2 rings (SSSR count). The summed E-state index contributed by atoms with van der Waals surface area (Å²) in [6, 6.07) is 3.99. The van der Waals surface area contributed by atoms with E-state index in [9.17, 15) is 13.2 Å². The molecular formula is C14H19ClN2O3S. The lowest BCUT2D eigenvalue weighted by atomic mass is 9.82. The Kier molecular flexibility index (Phi) is 4.33. The van der Waals surface area contributed by atoms with Gasteiger partial charge >= 0.3 is 0 Å². The van der Waals surface area contributed by atoms with Gasteiger partial charge < -0.3 is 4.90 Å². The molecule has 0 atom stereocenters. The van der Waals surface area contributed by atoms with Crippen LogP contribution in [-0.4, -0.2) is 32.3 Å². The monoisotopic (exact) mass is 330 g/mol. The van der Waals surface area contributed by atoms with Gasteiger partial charge in [0.25, 0.3) is 5.91 Å².